The first kappa shape index (κ1) is 11.5. The van der Waals surface area contributed by atoms with Gasteiger partial charge in [-0.25, -0.2) is 4.98 Å². The molecule has 0 saturated heterocycles. The van der Waals surface area contributed by atoms with Crippen LogP contribution in [0.4, 0.5) is 10.8 Å². The summed E-state index contributed by atoms with van der Waals surface area (Å²) in [7, 11) is 0. The zero-order valence-electron chi connectivity index (χ0n) is 9.52. The Morgan fingerprint density at radius 2 is 2.18 bits per heavy atom. The zero-order valence-corrected chi connectivity index (χ0v) is 10.3. The van der Waals surface area contributed by atoms with Crippen LogP contribution >= 0.6 is 11.5 Å². The van der Waals surface area contributed by atoms with Gasteiger partial charge in [0.25, 0.3) is 5.91 Å². The van der Waals surface area contributed by atoms with Crippen molar-refractivity contribution in [3.05, 3.63) is 35.2 Å². The van der Waals surface area contributed by atoms with Crippen molar-refractivity contribution >= 4 is 28.3 Å². The van der Waals surface area contributed by atoms with Gasteiger partial charge in [0.2, 0.25) is 5.13 Å². The molecule has 1 amide bonds. The van der Waals surface area contributed by atoms with E-state index < -0.39 is 0 Å². The molecule has 1 heterocycles. The van der Waals surface area contributed by atoms with Crippen molar-refractivity contribution in [3.8, 4) is 0 Å². The summed E-state index contributed by atoms with van der Waals surface area (Å²) in [5.41, 5.74) is 7.65. The van der Waals surface area contributed by atoms with E-state index in [4.69, 9.17) is 5.73 Å². The van der Waals surface area contributed by atoms with Crippen LogP contribution < -0.4 is 11.1 Å². The zero-order chi connectivity index (χ0) is 12.4. The number of nitrogens with two attached hydrogens (primary N) is 1. The average Bonchev–Trinajstić information content (AvgIpc) is 2.67. The first-order chi connectivity index (χ1) is 8.06. The molecule has 0 aliphatic heterocycles. The number of benzene rings is 1. The fraction of sp³-hybridized carbons (Fsp3) is 0.182. The van der Waals surface area contributed by atoms with E-state index in [0.717, 1.165) is 17.1 Å². The molecule has 88 valence electrons. The van der Waals surface area contributed by atoms with Crippen LogP contribution in [0.5, 0.6) is 0 Å². The third kappa shape index (κ3) is 2.59. The van der Waals surface area contributed by atoms with E-state index in [-0.39, 0.29) is 5.91 Å². The summed E-state index contributed by atoms with van der Waals surface area (Å²) in [5.74, 6) is 0.380. The molecule has 0 atom stereocenters. The molecule has 0 aliphatic carbocycles. The Kier molecular flexibility index (Phi) is 3.06. The molecular formula is C11H12N4OS. The summed E-state index contributed by atoms with van der Waals surface area (Å²) in [5, 5.41) is 3.15. The third-order valence-corrected chi connectivity index (χ3v) is 2.92. The summed E-state index contributed by atoms with van der Waals surface area (Å²) in [6.45, 7) is 3.68. The van der Waals surface area contributed by atoms with Crippen LogP contribution in [-0.2, 0) is 0 Å². The van der Waals surface area contributed by atoms with Crippen LogP contribution in [0, 0.1) is 13.8 Å². The number of nitrogens with one attached hydrogen (secondary N) is 1. The van der Waals surface area contributed by atoms with E-state index in [9.17, 15) is 4.79 Å². The lowest BCUT2D eigenvalue weighted by atomic mass is 10.1. The van der Waals surface area contributed by atoms with Crippen molar-refractivity contribution in [1.82, 2.24) is 9.36 Å². The van der Waals surface area contributed by atoms with Gasteiger partial charge in [-0.15, -0.1) is 0 Å². The maximum atomic E-state index is 11.9. The number of carbonyl (C=O) groups excluding carboxylic acids is 1. The predicted molar refractivity (Wildman–Crippen MR) is 68.2 cm³/mol. The summed E-state index contributed by atoms with van der Waals surface area (Å²) in [6.07, 6.45) is 0. The highest BCUT2D eigenvalue weighted by Gasteiger charge is 2.12. The molecule has 6 heteroatoms. The van der Waals surface area contributed by atoms with Crippen LogP contribution in [0.15, 0.2) is 18.2 Å². The monoisotopic (exact) mass is 248 g/mol. The highest BCUT2D eigenvalue weighted by Crippen LogP contribution is 2.17. The summed E-state index contributed by atoms with van der Waals surface area (Å²) in [6, 6.07) is 5.33. The van der Waals surface area contributed by atoms with Gasteiger partial charge in [0.05, 0.1) is 5.56 Å². The predicted octanol–water partition coefficient (Wildman–Crippen LogP) is 1.99. The van der Waals surface area contributed by atoms with Crippen molar-refractivity contribution in [2.45, 2.75) is 13.8 Å². The molecule has 0 fully saturated rings. The second-order valence-corrected chi connectivity index (χ2v) is 4.44. The molecule has 3 N–H and O–H groups in total. The lowest BCUT2D eigenvalue weighted by Gasteiger charge is -2.05. The van der Waals surface area contributed by atoms with E-state index in [0.29, 0.717) is 22.2 Å². The molecule has 1 aromatic heterocycles. The summed E-state index contributed by atoms with van der Waals surface area (Å²) < 4.78 is 3.99. The van der Waals surface area contributed by atoms with Gasteiger partial charge in [-0.2, -0.15) is 4.37 Å². The highest BCUT2D eigenvalue weighted by molar-refractivity contribution is 7.09. The summed E-state index contributed by atoms with van der Waals surface area (Å²) >= 11 is 1.15. The van der Waals surface area contributed by atoms with Crippen LogP contribution in [0.25, 0.3) is 0 Å². The van der Waals surface area contributed by atoms with Gasteiger partial charge in [0.1, 0.15) is 5.82 Å². The van der Waals surface area contributed by atoms with E-state index in [2.05, 4.69) is 14.7 Å². The Balaban J connectivity index is 2.22. The maximum absolute atomic E-state index is 11.9. The molecule has 0 bridgehead atoms. The van der Waals surface area contributed by atoms with Crippen LogP contribution in [0.3, 0.4) is 0 Å². The molecule has 2 aromatic rings. The molecule has 1 aromatic carbocycles. The Hall–Kier alpha value is -1.95. The molecule has 0 unspecified atom stereocenters. The number of nitrogens with zero attached hydrogens (tertiary/aromatic N) is 2. The van der Waals surface area contributed by atoms with Crippen molar-refractivity contribution in [2.24, 2.45) is 0 Å². The lowest BCUT2D eigenvalue weighted by molar-refractivity contribution is 0.102. The number of rotatable bonds is 2. The lowest BCUT2D eigenvalue weighted by Crippen LogP contribution is -2.14. The van der Waals surface area contributed by atoms with E-state index >= 15 is 0 Å². The Morgan fingerprint density at radius 1 is 1.41 bits per heavy atom. The van der Waals surface area contributed by atoms with E-state index in [1.165, 1.54) is 0 Å². The largest absolute Gasteiger partial charge is 0.398 e. The first-order valence-corrected chi connectivity index (χ1v) is 5.81. The fourth-order valence-electron chi connectivity index (χ4n) is 1.38. The number of hydrogen-bond acceptors (Lipinski definition) is 5. The van der Waals surface area contributed by atoms with Crippen LogP contribution in [0.2, 0.25) is 0 Å². The van der Waals surface area contributed by atoms with Gasteiger partial charge in [0.15, 0.2) is 0 Å². The Bertz CT molecular complexity index is 564. The number of amides is 1. The quantitative estimate of drug-likeness (QED) is 0.796. The topological polar surface area (TPSA) is 80.9 Å². The SMILES string of the molecule is Cc1ccc(N)c(C(=O)Nc2nc(C)ns2)c1. The maximum Gasteiger partial charge on any atom is 0.259 e. The Labute approximate surface area is 103 Å². The molecule has 2 rings (SSSR count). The smallest absolute Gasteiger partial charge is 0.259 e. The second-order valence-electron chi connectivity index (χ2n) is 3.69. The van der Waals surface area contributed by atoms with Crippen LogP contribution in [-0.4, -0.2) is 15.3 Å². The molecule has 17 heavy (non-hydrogen) atoms. The summed E-state index contributed by atoms with van der Waals surface area (Å²) in [4.78, 5) is 16.0. The second kappa shape index (κ2) is 4.50. The van der Waals surface area contributed by atoms with Gasteiger partial charge in [0, 0.05) is 17.2 Å². The molecule has 0 saturated carbocycles. The number of nitrogen functional groups attached to an aromatic ring is 1. The van der Waals surface area contributed by atoms with Crippen LogP contribution in [0.1, 0.15) is 21.7 Å². The average molecular weight is 248 g/mol. The third-order valence-electron chi connectivity index (χ3n) is 2.20. The minimum Gasteiger partial charge on any atom is -0.398 e. The van der Waals surface area contributed by atoms with E-state index in [1.807, 2.05) is 13.0 Å². The van der Waals surface area contributed by atoms with Gasteiger partial charge in [-0.3, -0.25) is 10.1 Å². The Morgan fingerprint density at radius 3 is 2.82 bits per heavy atom. The number of anilines is 2. The minimum atomic E-state index is -0.262. The molecule has 5 nitrogen and oxygen atoms in total. The first-order valence-electron chi connectivity index (χ1n) is 5.04. The standard InChI is InChI=1S/C11H12N4OS/c1-6-3-4-9(12)8(5-6)10(16)14-11-13-7(2)15-17-11/h3-5H,12H2,1-2H3,(H,13,14,15,16). The molecule has 0 aliphatic rings. The molecule has 0 spiro atoms. The molecule has 0 radical (unpaired) electrons. The number of aryl methyl sites for hydroxylation is 2. The van der Waals surface area contributed by atoms with Crippen molar-refractivity contribution in [3.63, 3.8) is 0 Å². The van der Waals surface area contributed by atoms with Crippen molar-refractivity contribution in [1.29, 1.82) is 0 Å². The van der Waals surface area contributed by atoms with Gasteiger partial charge >= 0.3 is 0 Å². The highest BCUT2D eigenvalue weighted by atomic mass is 32.1. The normalized spacial score (nSPS) is 10.2. The van der Waals surface area contributed by atoms with Gasteiger partial charge in [-0.05, 0) is 26.0 Å². The number of carbonyl (C=O) groups is 1. The van der Waals surface area contributed by atoms with Gasteiger partial charge in [-0.1, -0.05) is 11.6 Å². The van der Waals surface area contributed by atoms with Gasteiger partial charge < -0.3 is 5.73 Å². The minimum absolute atomic E-state index is 0.262. The molecular weight excluding hydrogens is 236 g/mol. The van der Waals surface area contributed by atoms with Crippen molar-refractivity contribution < 1.29 is 4.79 Å². The number of hydrogen-bond donors (Lipinski definition) is 2. The van der Waals surface area contributed by atoms with Crippen molar-refractivity contribution in [2.75, 3.05) is 11.1 Å². The number of aromatic nitrogens is 2. The van der Waals surface area contributed by atoms with E-state index in [1.54, 1.807) is 19.1 Å². The fourth-order valence-corrected chi connectivity index (χ4v) is 1.95.